The van der Waals surface area contributed by atoms with Crippen LogP contribution in [0.2, 0.25) is 0 Å². The number of hydrogen-bond acceptors (Lipinski definition) is 7. The molecule has 0 spiro atoms. The summed E-state index contributed by atoms with van der Waals surface area (Å²) >= 11 is 0. The second-order valence-electron chi connectivity index (χ2n) is 2.69. The SMILES string of the molecule is O=C1OP2(=O)Oc3oc1c(c3CO)O2. The van der Waals surface area contributed by atoms with E-state index in [-0.39, 0.29) is 23.0 Å². The maximum Gasteiger partial charge on any atom is 0.652 e. The zero-order chi connectivity index (χ0) is 9.92. The number of hydrogen-bond donors (Lipinski definition) is 1. The van der Waals surface area contributed by atoms with Gasteiger partial charge in [0.1, 0.15) is 5.56 Å². The topological polar surface area (TPSA) is 95.2 Å². The standard InChI is InChI=1S/C6H3O7P/c7-1-2-3-4-5(8)12-14(9,11-3)13-6(2)10-4/h7H,1H2. The van der Waals surface area contributed by atoms with Crippen molar-refractivity contribution < 1.29 is 32.5 Å². The lowest BCUT2D eigenvalue weighted by Gasteiger charge is -2.21. The number of aliphatic hydroxyl groups is 1. The van der Waals surface area contributed by atoms with Gasteiger partial charge in [0.2, 0.25) is 0 Å². The Kier molecular flexibility index (Phi) is 1.20. The van der Waals surface area contributed by atoms with Crippen molar-refractivity contribution in [2.24, 2.45) is 0 Å². The number of phosphoric acid groups is 1. The molecule has 0 fully saturated rings. The van der Waals surface area contributed by atoms with Gasteiger partial charge >= 0.3 is 19.7 Å². The van der Waals surface area contributed by atoms with E-state index < -0.39 is 20.4 Å². The third-order valence-corrected chi connectivity index (χ3v) is 3.04. The lowest BCUT2D eigenvalue weighted by Crippen LogP contribution is -2.17. The van der Waals surface area contributed by atoms with Gasteiger partial charge in [0.05, 0.1) is 6.61 Å². The largest absolute Gasteiger partial charge is 0.652 e. The van der Waals surface area contributed by atoms with Crippen LogP contribution in [0.25, 0.3) is 0 Å². The van der Waals surface area contributed by atoms with Crippen molar-refractivity contribution in [3.8, 4) is 11.7 Å². The van der Waals surface area contributed by atoms with Gasteiger partial charge in [-0.2, -0.15) is 4.57 Å². The van der Waals surface area contributed by atoms with E-state index in [1.807, 2.05) is 0 Å². The first-order valence-corrected chi connectivity index (χ1v) is 5.09. The molecule has 8 heteroatoms. The molecule has 2 aliphatic rings. The highest BCUT2D eigenvalue weighted by Crippen LogP contribution is 2.62. The molecule has 3 rings (SSSR count). The molecule has 7 nitrogen and oxygen atoms in total. The van der Waals surface area contributed by atoms with Crippen molar-refractivity contribution in [3.63, 3.8) is 0 Å². The second kappa shape index (κ2) is 2.13. The number of rotatable bonds is 1. The van der Waals surface area contributed by atoms with Crippen LogP contribution in [0.15, 0.2) is 4.42 Å². The normalized spacial score (nSPS) is 26.8. The quantitative estimate of drug-likeness (QED) is 0.697. The van der Waals surface area contributed by atoms with Crippen LogP contribution < -0.4 is 9.05 Å². The van der Waals surface area contributed by atoms with Crippen molar-refractivity contribution in [3.05, 3.63) is 11.3 Å². The van der Waals surface area contributed by atoms with E-state index >= 15 is 0 Å². The molecule has 0 aliphatic carbocycles. The molecular formula is C6H3O7P. The first kappa shape index (κ1) is 7.90. The molecule has 0 saturated heterocycles. The molecule has 2 aliphatic heterocycles. The lowest BCUT2D eigenvalue weighted by atomic mass is 10.3. The Bertz CT molecular complexity index is 487. The summed E-state index contributed by atoms with van der Waals surface area (Å²) in [5, 5.41) is 8.90. The van der Waals surface area contributed by atoms with E-state index in [1.165, 1.54) is 0 Å². The molecule has 1 atom stereocenters. The molecule has 0 amide bonds. The summed E-state index contributed by atoms with van der Waals surface area (Å²) in [5.74, 6) is -1.37. The monoisotopic (exact) mass is 218 g/mol. The maximum absolute atomic E-state index is 11.5. The molecule has 3 bridgehead atoms. The fourth-order valence-corrected chi connectivity index (χ4v) is 2.45. The fourth-order valence-electron chi connectivity index (χ4n) is 1.28. The van der Waals surface area contributed by atoms with E-state index in [0.717, 1.165) is 0 Å². The van der Waals surface area contributed by atoms with Crippen molar-refractivity contribution in [2.45, 2.75) is 6.61 Å². The highest BCUT2D eigenvalue weighted by molar-refractivity contribution is 7.50. The van der Waals surface area contributed by atoms with Crippen LogP contribution in [0.1, 0.15) is 16.1 Å². The van der Waals surface area contributed by atoms with Crippen LogP contribution in [0.4, 0.5) is 0 Å². The van der Waals surface area contributed by atoms with Crippen molar-refractivity contribution in [1.29, 1.82) is 0 Å². The molecule has 1 N–H and O–H groups in total. The van der Waals surface area contributed by atoms with Crippen LogP contribution in [0.5, 0.6) is 11.7 Å². The second-order valence-corrected chi connectivity index (χ2v) is 4.14. The van der Waals surface area contributed by atoms with Gasteiger partial charge < -0.3 is 23.1 Å². The third-order valence-electron chi connectivity index (χ3n) is 1.86. The minimum absolute atomic E-state index is 0.0478. The predicted octanol–water partition coefficient (Wildman–Crippen LogP) is 0.822. The van der Waals surface area contributed by atoms with Gasteiger partial charge in [-0.25, -0.2) is 4.79 Å². The molecule has 0 saturated carbocycles. The fraction of sp³-hybridized carbons (Fsp3) is 0.167. The average Bonchev–Trinajstić information content (AvgIpc) is 2.27. The first-order valence-electron chi connectivity index (χ1n) is 3.62. The Morgan fingerprint density at radius 2 is 2.07 bits per heavy atom. The number of carbonyl (C=O) groups excluding carboxylic acids is 1. The summed E-state index contributed by atoms with van der Waals surface area (Å²) < 4.78 is 30.1. The third kappa shape index (κ3) is 0.759. The molecule has 1 aromatic heterocycles. The van der Waals surface area contributed by atoms with Crippen LogP contribution >= 0.6 is 7.82 Å². The minimum atomic E-state index is -3.89. The molecule has 14 heavy (non-hydrogen) atoms. The van der Waals surface area contributed by atoms with E-state index in [2.05, 4.69) is 9.05 Å². The van der Waals surface area contributed by atoms with Gasteiger partial charge in [0, 0.05) is 0 Å². The summed E-state index contributed by atoms with van der Waals surface area (Å²) in [6.07, 6.45) is 0. The summed E-state index contributed by atoms with van der Waals surface area (Å²) in [4.78, 5) is 11.1. The number of fused-ring (bicyclic) bond motifs is 2. The zero-order valence-electron chi connectivity index (χ0n) is 6.55. The smallest absolute Gasteiger partial charge is 0.414 e. The predicted molar refractivity (Wildman–Crippen MR) is 38.9 cm³/mol. The minimum Gasteiger partial charge on any atom is -0.414 e. The molecular weight excluding hydrogens is 215 g/mol. The molecule has 3 heterocycles. The molecule has 1 unspecified atom stereocenters. The Labute approximate surface area is 76.8 Å². The highest BCUT2D eigenvalue weighted by atomic mass is 31.2. The number of furan rings is 1. The lowest BCUT2D eigenvalue weighted by molar-refractivity contribution is 0.0644. The molecule has 1 aromatic rings. The van der Waals surface area contributed by atoms with Crippen LogP contribution in [0.3, 0.4) is 0 Å². The van der Waals surface area contributed by atoms with E-state index in [1.54, 1.807) is 0 Å². The number of carbonyl (C=O) groups is 1. The molecule has 0 aromatic carbocycles. The van der Waals surface area contributed by atoms with Gasteiger partial charge in [-0.1, -0.05) is 0 Å². The zero-order valence-corrected chi connectivity index (χ0v) is 7.45. The van der Waals surface area contributed by atoms with Gasteiger partial charge in [-0.3, -0.25) is 0 Å². The number of phosphoric ester groups is 1. The Hall–Kier alpha value is -1.46. The number of aliphatic hydroxyl groups excluding tert-OH is 1. The first-order chi connectivity index (χ1) is 6.63. The van der Waals surface area contributed by atoms with Gasteiger partial charge in [0.25, 0.3) is 5.76 Å². The summed E-state index contributed by atoms with van der Waals surface area (Å²) in [7, 11) is -3.89. The van der Waals surface area contributed by atoms with E-state index in [0.29, 0.717) is 0 Å². The maximum atomic E-state index is 11.5. The van der Waals surface area contributed by atoms with E-state index in [9.17, 15) is 9.36 Å². The van der Waals surface area contributed by atoms with Crippen LogP contribution in [0, 0.1) is 0 Å². The van der Waals surface area contributed by atoms with Gasteiger partial charge in [-0.15, -0.1) is 0 Å². The van der Waals surface area contributed by atoms with E-state index in [4.69, 9.17) is 14.0 Å². The summed E-state index contributed by atoms with van der Waals surface area (Å²) in [5.41, 5.74) is 0.170. The highest BCUT2D eigenvalue weighted by Gasteiger charge is 2.52. The van der Waals surface area contributed by atoms with Gasteiger partial charge in [-0.05, 0) is 0 Å². The van der Waals surface area contributed by atoms with Crippen molar-refractivity contribution in [1.82, 2.24) is 0 Å². The van der Waals surface area contributed by atoms with Crippen molar-refractivity contribution >= 4 is 13.8 Å². The Morgan fingerprint density at radius 3 is 2.79 bits per heavy atom. The van der Waals surface area contributed by atoms with Crippen LogP contribution in [-0.4, -0.2) is 11.1 Å². The Morgan fingerprint density at radius 1 is 1.29 bits per heavy atom. The summed E-state index contributed by atoms with van der Waals surface area (Å²) in [6.45, 7) is -0.429. The van der Waals surface area contributed by atoms with Crippen LogP contribution in [-0.2, 0) is 15.7 Å². The molecule has 0 radical (unpaired) electrons. The van der Waals surface area contributed by atoms with Crippen molar-refractivity contribution in [2.75, 3.05) is 0 Å². The Balaban J connectivity index is 2.33. The molecule has 74 valence electrons. The van der Waals surface area contributed by atoms with Gasteiger partial charge in [0.15, 0.2) is 5.75 Å². The average molecular weight is 218 g/mol. The summed E-state index contributed by atoms with van der Waals surface area (Å²) in [6, 6.07) is 0.